The van der Waals surface area contributed by atoms with Gasteiger partial charge in [-0.25, -0.2) is 0 Å². The van der Waals surface area contributed by atoms with Gasteiger partial charge in [-0.1, -0.05) is 30.3 Å². The molecule has 3 aromatic rings. The second kappa shape index (κ2) is 10.2. The fraction of sp³-hybridized carbons (Fsp3) is 0.333. The highest BCUT2D eigenvalue weighted by atomic mass is 16.5. The normalized spacial score (nSPS) is 14.4. The van der Waals surface area contributed by atoms with Gasteiger partial charge in [-0.05, 0) is 29.8 Å². The van der Waals surface area contributed by atoms with E-state index in [0.717, 1.165) is 49.7 Å². The molecular formula is C24H28N4O3. The van der Waals surface area contributed by atoms with Gasteiger partial charge >= 0.3 is 0 Å². The van der Waals surface area contributed by atoms with Gasteiger partial charge in [0.2, 0.25) is 0 Å². The van der Waals surface area contributed by atoms with Crippen molar-refractivity contribution in [3.63, 3.8) is 0 Å². The topological polar surface area (TPSA) is 68.6 Å². The first-order valence-corrected chi connectivity index (χ1v) is 10.6. The predicted octanol–water partition coefficient (Wildman–Crippen LogP) is 2.67. The number of amides is 1. The second-order valence-corrected chi connectivity index (χ2v) is 7.51. The Bertz CT molecular complexity index is 980. The van der Waals surface area contributed by atoms with Crippen molar-refractivity contribution in [1.82, 2.24) is 20.0 Å². The maximum absolute atomic E-state index is 13.0. The third-order valence-corrected chi connectivity index (χ3v) is 5.37. The molecule has 1 aliphatic heterocycles. The van der Waals surface area contributed by atoms with Crippen molar-refractivity contribution in [2.24, 2.45) is 0 Å². The molecule has 0 saturated carbocycles. The third-order valence-electron chi connectivity index (χ3n) is 5.37. The number of rotatable bonds is 8. The summed E-state index contributed by atoms with van der Waals surface area (Å²) < 4.78 is 12.5. The number of morpholine rings is 1. The summed E-state index contributed by atoms with van der Waals surface area (Å²) in [5, 5.41) is 7.80. The van der Waals surface area contributed by atoms with Crippen molar-refractivity contribution in [3.8, 4) is 17.0 Å². The summed E-state index contributed by atoms with van der Waals surface area (Å²) in [5.41, 5.74) is 3.25. The monoisotopic (exact) mass is 420 g/mol. The molecule has 2 aromatic carbocycles. The van der Waals surface area contributed by atoms with E-state index in [9.17, 15) is 4.79 Å². The van der Waals surface area contributed by atoms with Crippen LogP contribution >= 0.6 is 0 Å². The minimum absolute atomic E-state index is 0.113. The number of methoxy groups -OCH3 is 1. The standard InChI is InChI=1S/C24H28N4O3/c1-30-21-9-7-20(8-10-21)23-22(18-28(26-23)17-19-5-3-2-4-6-19)24(29)25-11-12-27-13-15-31-16-14-27/h2-10,18H,11-17H2,1H3,(H,25,29). The number of carbonyl (C=O) groups excluding carboxylic acids is 1. The minimum atomic E-state index is -0.113. The van der Waals surface area contributed by atoms with Crippen LogP contribution in [-0.4, -0.2) is 67.1 Å². The lowest BCUT2D eigenvalue weighted by Gasteiger charge is -2.26. The molecule has 0 unspecified atom stereocenters. The Balaban J connectivity index is 1.52. The molecule has 31 heavy (non-hydrogen) atoms. The zero-order valence-electron chi connectivity index (χ0n) is 17.8. The van der Waals surface area contributed by atoms with Gasteiger partial charge in [0.05, 0.1) is 32.4 Å². The molecule has 2 heterocycles. The average Bonchev–Trinajstić information content (AvgIpc) is 3.24. The molecule has 1 fully saturated rings. The molecule has 1 saturated heterocycles. The van der Waals surface area contributed by atoms with Gasteiger partial charge in [0.25, 0.3) is 5.91 Å². The highest BCUT2D eigenvalue weighted by Crippen LogP contribution is 2.25. The quantitative estimate of drug-likeness (QED) is 0.607. The molecule has 162 valence electrons. The van der Waals surface area contributed by atoms with Gasteiger partial charge in [-0.15, -0.1) is 0 Å². The zero-order chi connectivity index (χ0) is 21.5. The molecule has 0 bridgehead atoms. The Labute approximate surface area is 182 Å². The lowest BCUT2D eigenvalue weighted by atomic mass is 10.1. The van der Waals surface area contributed by atoms with E-state index >= 15 is 0 Å². The maximum atomic E-state index is 13.0. The molecule has 1 aromatic heterocycles. The summed E-state index contributed by atoms with van der Waals surface area (Å²) >= 11 is 0. The van der Waals surface area contributed by atoms with Gasteiger partial charge in [0.1, 0.15) is 11.4 Å². The second-order valence-electron chi connectivity index (χ2n) is 7.51. The Morgan fingerprint density at radius 2 is 1.84 bits per heavy atom. The van der Waals surface area contributed by atoms with Gasteiger partial charge in [-0.2, -0.15) is 5.10 Å². The van der Waals surface area contributed by atoms with Crippen LogP contribution in [-0.2, 0) is 11.3 Å². The number of ether oxygens (including phenoxy) is 2. The highest BCUT2D eigenvalue weighted by molar-refractivity contribution is 5.99. The smallest absolute Gasteiger partial charge is 0.255 e. The number of hydrogen-bond acceptors (Lipinski definition) is 5. The van der Waals surface area contributed by atoms with E-state index in [1.807, 2.05) is 53.3 Å². The van der Waals surface area contributed by atoms with E-state index < -0.39 is 0 Å². The SMILES string of the molecule is COc1ccc(-c2nn(Cc3ccccc3)cc2C(=O)NCCN2CCOCC2)cc1. The van der Waals surface area contributed by atoms with Crippen LogP contribution < -0.4 is 10.1 Å². The molecule has 7 nitrogen and oxygen atoms in total. The van der Waals surface area contributed by atoms with Crippen molar-refractivity contribution in [2.75, 3.05) is 46.5 Å². The fourth-order valence-electron chi connectivity index (χ4n) is 3.65. The molecule has 0 atom stereocenters. The van der Waals surface area contributed by atoms with Crippen LogP contribution in [0.3, 0.4) is 0 Å². The van der Waals surface area contributed by atoms with Gasteiger partial charge in [0.15, 0.2) is 0 Å². The molecule has 1 N–H and O–H groups in total. The molecule has 0 aliphatic carbocycles. The number of nitrogens with zero attached hydrogens (tertiary/aromatic N) is 3. The van der Waals surface area contributed by atoms with Crippen LogP contribution in [0.4, 0.5) is 0 Å². The first-order valence-electron chi connectivity index (χ1n) is 10.6. The van der Waals surface area contributed by atoms with Crippen LogP contribution in [0.2, 0.25) is 0 Å². The Morgan fingerprint density at radius 3 is 2.55 bits per heavy atom. The van der Waals surface area contributed by atoms with E-state index in [2.05, 4.69) is 22.3 Å². The van der Waals surface area contributed by atoms with Gasteiger partial charge in [-0.3, -0.25) is 14.4 Å². The number of benzene rings is 2. The minimum Gasteiger partial charge on any atom is -0.497 e. The summed E-state index contributed by atoms with van der Waals surface area (Å²) in [6.07, 6.45) is 1.83. The summed E-state index contributed by atoms with van der Waals surface area (Å²) in [5.74, 6) is 0.655. The van der Waals surface area contributed by atoms with Crippen LogP contribution in [0.1, 0.15) is 15.9 Å². The molecule has 0 radical (unpaired) electrons. The Morgan fingerprint density at radius 1 is 1.10 bits per heavy atom. The van der Waals surface area contributed by atoms with E-state index in [1.165, 1.54) is 0 Å². The van der Waals surface area contributed by atoms with Crippen molar-refractivity contribution in [3.05, 3.63) is 71.9 Å². The van der Waals surface area contributed by atoms with Crippen molar-refractivity contribution in [1.29, 1.82) is 0 Å². The Kier molecular flexibility index (Phi) is 6.96. The van der Waals surface area contributed by atoms with E-state index in [-0.39, 0.29) is 5.91 Å². The summed E-state index contributed by atoms with van der Waals surface area (Å²) in [6.45, 7) is 5.31. The van der Waals surface area contributed by atoms with E-state index in [0.29, 0.717) is 24.3 Å². The van der Waals surface area contributed by atoms with Gasteiger partial charge in [0, 0.05) is 37.9 Å². The molecular weight excluding hydrogens is 392 g/mol. The van der Waals surface area contributed by atoms with Crippen LogP contribution in [0.15, 0.2) is 60.8 Å². The van der Waals surface area contributed by atoms with Crippen molar-refractivity contribution >= 4 is 5.91 Å². The third kappa shape index (κ3) is 5.51. The first kappa shape index (κ1) is 21.1. The number of nitrogens with one attached hydrogen (secondary N) is 1. The molecule has 4 rings (SSSR count). The predicted molar refractivity (Wildman–Crippen MR) is 119 cm³/mol. The van der Waals surface area contributed by atoms with Crippen LogP contribution in [0.5, 0.6) is 5.75 Å². The summed E-state index contributed by atoms with van der Waals surface area (Å²) in [4.78, 5) is 15.3. The molecule has 1 aliphatic rings. The number of carbonyl (C=O) groups is 1. The summed E-state index contributed by atoms with van der Waals surface area (Å²) in [6, 6.07) is 17.7. The fourth-order valence-corrected chi connectivity index (χ4v) is 3.65. The molecule has 7 heteroatoms. The number of hydrogen-bond donors (Lipinski definition) is 1. The Hall–Kier alpha value is -3.16. The van der Waals surface area contributed by atoms with E-state index in [4.69, 9.17) is 14.6 Å². The number of aromatic nitrogens is 2. The van der Waals surface area contributed by atoms with Gasteiger partial charge < -0.3 is 14.8 Å². The largest absolute Gasteiger partial charge is 0.497 e. The average molecular weight is 421 g/mol. The zero-order valence-corrected chi connectivity index (χ0v) is 17.8. The molecule has 1 amide bonds. The van der Waals surface area contributed by atoms with Crippen LogP contribution in [0.25, 0.3) is 11.3 Å². The lowest BCUT2D eigenvalue weighted by molar-refractivity contribution is 0.0383. The molecule has 0 spiro atoms. The first-order chi connectivity index (χ1) is 15.2. The lowest BCUT2D eigenvalue weighted by Crippen LogP contribution is -2.41. The van der Waals surface area contributed by atoms with Crippen LogP contribution in [0, 0.1) is 0 Å². The maximum Gasteiger partial charge on any atom is 0.255 e. The van der Waals surface area contributed by atoms with Crippen molar-refractivity contribution in [2.45, 2.75) is 6.54 Å². The van der Waals surface area contributed by atoms with E-state index in [1.54, 1.807) is 7.11 Å². The summed E-state index contributed by atoms with van der Waals surface area (Å²) in [7, 11) is 1.64. The highest BCUT2D eigenvalue weighted by Gasteiger charge is 2.19. The van der Waals surface area contributed by atoms with Crippen molar-refractivity contribution < 1.29 is 14.3 Å².